The number of carbonyl (C=O) groups is 2. The number of likely N-dealkylation sites (tertiary alicyclic amines) is 1. The lowest BCUT2D eigenvalue weighted by Gasteiger charge is -2.21. The number of rotatable bonds is 2. The summed E-state index contributed by atoms with van der Waals surface area (Å²) in [6.45, 7) is 0.421. The van der Waals surface area contributed by atoms with Crippen LogP contribution in [0.3, 0.4) is 0 Å². The minimum Gasteiger partial charge on any atom is -0.480 e. The van der Waals surface area contributed by atoms with Gasteiger partial charge in [-0.05, 0) is 47.0 Å². The second kappa shape index (κ2) is 5.06. The van der Waals surface area contributed by atoms with Crippen molar-refractivity contribution in [3.05, 3.63) is 34.1 Å². The predicted molar refractivity (Wildman–Crippen MR) is 65.8 cm³/mol. The van der Waals surface area contributed by atoms with Crippen LogP contribution in [-0.4, -0.2) is 34.5 Å². The molecule has 1 N–H and O–H groups in total. The lowest BCUT2D eigenvalue weighted by molar-refractivity contribution is -0.141. The van der Waals surface area contributed by atoms with Crippen LogP contribution in [-0.2, 0) is 4.79 Å². The Hall–Kier alpha value is -1.43. The van der Waals surface area contributed by atoms with Gasteiger partial charge >= 0.3 is 5.97 Å². The van der Waals surface area contributed by atoms with Crippen molar-refractivity contribution in [3.8, 4) is 0 Å². The summed E-state index contributed by atoms with van der Waals surface area (Å²) in [5.41, 5.74) is 0.288. The van der Waals surface area contributed by atoms with Crippen molar-refractivity contribution < 1.29 is 19.1 Å². The van der Waals surface area contributed by atoms with Gasteiger partial charge in [0.2, 0.25) is 0 Å². The van der Waals surface area contributed by atoms with Crippen molar-refractivity contribution in [1.29, 1.82) is 0 Å². The third-order valence-corrected chi connectivity index (χ3v) is 3.57. The van der Waals surface area contributed by atoms with Crippen molar-refractivity contribution in [2.45, 2.75) is 18.9 Å². The van der Waals surface area contributed by atoms with Gasteiger partial charge in [-0.25, -0.2) is 9.18 Å². The topological polar surface area (TPSA) is 57.6 Å². The average Bonchev–Trinajstić information content (AvgIpc) is 2.81. The Morgan fingerprint density at radius 3 is 2.78 bits per heavy atom. The molecule has 1 aliphatic rings. The molecule has 18 heavy (non-hydrogen) atoms. The zero-order valence-electron chi connectivity index (χ0n) is 9.40. The van der Waals surface area contributed by atoms with Crippen molar-refractivity contribution in [2.24, 2.45) is 0 Å². The number of benzene rings is 1. The largest absolute Gasteiger partial charge is 0.480 e. The summed E-state index contributed by atoms with van der Waals surface area (Å²) in [6, 6.07) is 3.14. The summed E-state index contributed by atoms with van der Waals surface area (Å²) >= 11 is 3.00. The van der Waals surface area contributed by atoms with Crippen LogP contribution in [0.1, 0.15) is 23.2 Å². The Bertz CT molecular complexity index is 506. The molecule has 0 spiro atoms. The van der Waals surface area contributed by atoms with Crippen LogP contribution in [0.4, 0.5) is 4.39 Å². The molecule has 1 fully saturated rings. The van der Waals surface area contributed by atoms with E-state index in [-0.39, 0.29) is 15.9 Å². The lowest BCUT2D eigenvalue weighted by atomic mass is 10.1. The Labute approximate surface area is 112 Å². The van der Waals surface area contributed by atoms with Crippen molar-refractivity contribution >= 4 is 27.8 Å². The summed E-state index contributed by atoms with van der Waals surface area (Å²) in [5.74, 6) is -1.83. The first-order chi connectivity index (χ1) is 8.50. The summed E-state index contributed by atoms with van der Waals surface area (Å²) in [6.07, 6.45) is 1.13. The average molecular weight is 316 g/mol. The molecule has 0 aromatic heterocycles. The number of aliphatic carboxylic acids is 1. The molecule has 2 rings (SSSR count). The number of carbonyl (C=O) groups excluding carboxylic acids is 1. The zero-order chi connectivity index (χ0) is 13.3. The van der Waals surface area contributed by atoms with Crippen LogP contribution in [0, 0.1) is 5.82 Å². The molecular weight excluding hydrogens is 305 g/mol. The van der Waals surface area contributed by atoms with Crippen LogP contribution >= 0.6 is 15.9 Å². The maximum atomic E-state index is 13.1. The third-order valence-electron chi connectivity index (χ3n) is 2.97. The number of halogens is 2. The highest BCUT2D eigenvalue weighted by Gasteiger charge is 2.34. The van der Waals surface area contributed by atoms with Crippen LogP contribution in [0.15, 0.2) is 22.7 Å². The second-order valence-electron chi connectivity index (χ2n) is 4.12. The van der Waals surface area contributed by atoms with Crippen LogP contribution in [0.2, 0.25) is 0 Å². The SMILES string of the molecule is O=C(O)[C@H]1CCCN1C(=O)c1ccc(F)c(Br)c1. The van der Waals surface area contributed by atoms with E-state index in [4.69, 9.17) is 5.11 Å². The molecule has 96 valence electrons. The molecule has 0 saturated carbocycles. The number of amides is 1. The van der Waals surface area contributed by atoms with Gasteiger partial charge in [0.15, 0.2) is 0 Å². The van der Waals surface area contributed by atoms with E-state index in [1.54, 1.807) is 0 Å². The number of hydrogen-bond donors (Lipinski definition) is 1. The quantitative estimate of drug-likeness (QED) is 0.911. The highest BCUT2D eigenvalue weighted by molar-refractivity contribution is 9.10. The highest BCUT2D eigenvalue weighted by Crippen LogP contribution is 2.23. The van der Waals surface area contributed by atoms with Gasteiger partial charge in [-0.15, -0.1) is 0 Å². The van der Waals surface area contributed by atoms with Crippen molar-refractivity contribution in [3.63, 3.8) is 0 Å². The molecule has 1 aromatic rings. The second-order valence-corrected chi connectivity index (χ2v) is 4.98. The molecule has 0 bridgehead atoms. The number of carboxylic acids is 1. The smallest absolute Gasteiger partial charge is 0.326 e. The highest BCUT2D eigenvalue weighted by atomic mass is 79.9. The van der Waals surface area contributed by atoms with E-state index in [1.807, 2.05) is 0 Å². The lowest BCUT2D eigenvalue weighted by Crippen LogP contribution is -2.40. The molecule has 0 aliphatic carbocycles. The molecule has 1 amide bonds. The van der Waals surface area contributed by atoms with Crippen LogP contribution in [0.5, 0.6) is 0 Å². The Balaban J connectivity index is 2.25. The summed E-state index contributed by atoms with van der Waals surface area (Å²) in [5, 5.41) is 9.02. The normalized spacial score (nSPS) is 19.0. The third kappa shape index (κ3) is 2.38. The van der Waals surface area contributed by atoms with Crippen molar-refractivity contribution in [1.82, 2.24) is 4.90 Å². The molecule has 4 nitrogen and oxygen atoms in total. The molecule has 1 aromatic carbocycles. The molecule has 1 atom stereocenters. The summed E-state index contributed by atoms with van der Waals surface area (Å²) in [7, 11) is 0. The molecule has 1 saturated heterocycles. The van der Waals surface area contributed by atoms with Gasteiger partial charge in [0, 0.05) is 12.1 Å². The summed E-state index contributed by atoms with van der Waals surface area (Å²) in [4.78, 5) is 24.5. The Morgan fingerprint density at radius 1 is 1.44 bits per heavy atom. The van der Waals surface area contributed by atoms with Gasteiger partial charge in [0.05, 0.1) is 4.47 Å². The predicted octanol–water partition coefficient (Wildman–Crippen LogP) is 2.28. The number of carboxylic acid groups (broad SMARTS) is 1. The molecule has 0 radical (unpaired) electrons. The van der Waals surface area contributed by atoms with Gasteiger partial charge in [-0.1, -0.05) is 0 Å². The van der Waals surface area contributed by atoms with Crippen LogP contribution < -0.4 is 0 Å². The first-order valence-corrected chi connectivity index (χ1v) is 6.29. The van der Waals surface area contributed by atoms with E-state index in [1.165, 1.54) is 23.1 Å². The van der Waals surface area contributed by atoms with E-state index < -0.39 is 17.8 Å². The maximum Gasteiger partial charge on any atom is 0.326 e. The van der Waals surface area contributed by atoms with E-state index in [9.17, 15) is 14.0 Å². The van der Waals surface area contributed by atoms with Gasteiger partial charge in [0.25, 0.3) is 5.91 Å². The standard InChI is InChI=1S/C12H11BrFNO3/c13-8-6-7(3-4-9(8)14)11(16)15-5-1-2-10(15)12(17)18/h3-4,6,10H,1-2,5H2,(H,17,18)/t10-/m1/s1. The fourth-order valence-corrected chi connectivity index (χ4v) is 2.44. The minimum atomic E-state index is -0.998. The van der Waals surface area contributed by atoms with Gasteiger partial charge in [-0.2, -0.15) is 0 Å². The fraction of sp³-hybridized carbons (Fsp3) is 0.333. The maximum absolute atomic E-state index is 13.1. The first-order valence-electron chi connectivity index (χ1n) is 5.49. The molecule has 0 unspecified atom stereocenters. The molecular formula is C12H11BrFNO3. The van der Waals surface area contributed by atoms with Gasteiger partial charge in [0.1, 0.15) is 11.9 Å². The first kappa shape index (κ1) is 13.0. The van der Waals surface area contributed by atoms with Crippen LogP contribution in [0.25, 0.3) is 0 Å². The van der Waals surface area contributed by atoms with E-state index >= 15 is 0 Å². The molecule has 1 aliphatic heterocycles. The molecule has 1 heterocycles. The summed E-state index contributed by atoms with van der Waals surface area (Å²) < 4.78 is 13.3. The fourth-order valence-electron chi connectivity index (χ4n) is 2.06. The Morgan fingerprint density at radius 2 is 2.17 bits per heavy atom. The zero-order valence-corrected chi connectivity index (χ0v) is 11.0. The monoisotopic (exact) mass is 315 g/mol. The van der Waals surface area contributed by atoms with Crippen molar-refractivity contribution in [2.75, 3.05) is 6.54 Å². The van der Waals surface area contributed by atoms with Gasteiger partial charge in [-0.3, -0.25) is 4.79 Å². The van der Waals surface area contributed by atoms with E-state index in [2.05, 4.69) is 15.9 Å². The molecule has 6 heteroatoms. The minimum absolute atomic E-state index is 0.194. The number of nitrogens with zero attached hydrogens (tertiary/aromatic N) is 1. The number of hydrogen-bond acceptors (Lipinski definition) is 2. The Kier molecular flexibility index (Phi) is 3.65. The van der Waals surface area contributed by atoms with E-state index in [0.29, 0.717) is 19.4 Å². The van der Waals surface area contributed by atoms with E-state index in [0.717, 1.165) is 0 Å². The van der Waals surface area contributed by atoms with Gasteiger partial charge < -0.3 is 10.0 Å².